The fraction of sp³-hybridized carbons (Fsp3) is 0.968. The van der Waals surface area contributed by atoms with Crippen LogP contribution in [0, 0.1) is 46.3 Å². The molecule has 5 aliphatic rings. The highest BCUT2D eigenvalue weighted by Gasteiger charge is 2.64. The van der Waals surface area contributed by atoms with Gasteiger partial charge >= 0.3 is 6.09 Å². The molecule has 3 N–H and O–H groups in total. The first-order valence-electron chi connectivity index (χ1n) is 16.1. The molecule has 5 fully saturated rings. The molecule has 0 heterocycles. The number of carbonyl (C=O) groups is 1. The van der Waals surface area contributed by atoms with Crippen LogP contribution in [-0.4, -0.2) is 48.8 Å². The molecule has 7 nitrogen and oxygen atoms in total. The third-order valence-corrected chi connectivity index (χ3v) is 14.5. The molecular formula is C31H53NO6S. The number of nitrogens with one attached hydrogen (secondary N) is 1. The van der Waals surface area contributed by atoms with Gasteiger partial charge in [0.25, 0.3) is 0 Å². The van der Waals surface area contributed by atoms with Gasteiger partial charge in [0, 0.05) is 0 Å². The summed E-state index contributed by atoms with van der Waals surface area (Å²) in [7, 11) is -3.63. The number of amides is 1. The van der Waals surface area contributed by atoms with Gasteiger partial charge in [-0.25, -0.2) is 17.9 Å². The average Bonchev–Trinajstić information content (AvgIpc) is 3.54. The smallest absolute Gasteiger partial charge is 0.420 e. The second-order valence-electron chi connectivity index (χ2n) is 14.4. The lowest BCUT2D eigenvalue weighted by Crippen LogP contribution is -2.62. The highest BCUT2D eigenvalue weighted by molar-refractivity contribution is 7.90. The van der Waals surface area contributed by atoms with Crippen LogP contribution in [0.4, 0.5) is 4.79 Å². The number of hydrogen-bond acceptors (Lipinski definition) is 6. The van der Waals surface area contributed by atoms with Crippen molar-refractivity contribution < 1.29 is 28.2 Å². The van der Waals surface area contributed by atoms with Crippen LogP contribution < -0.4 is 4.72 Å². The number of hydrogen-bond donors (Lipinski definition) is 3. The van der Waals surface area contributed by atoms with Crippen LogP contribution in [0.3, 0.4) is 0 Å². The Balaban J connectivity index is 1.14. The normalized spacial score (nSPS) is 44.3. The molecule has 5 aliphatic carbocycles. The summed E-state index contributed by atoms with van der Waals surface area (Å²) in [6.07, 6.45) is 13.1. The van der Waals surface area contributed by atoms with Crippen molar-refractivity contribution in [2.45, 2.75) is 135 Å². The summed E-state index contributed by atoms with van der Waals surface area (Å²) in [5.41, 5.74) is 0.470. The Labute approximate surface area is 236 Å². The molecule has 0 aromatic carbocycles. The topological polar surface area (TPSA) is 113 Å². The van der Waals surface area contributed by atoms with Crippen molar-refractivity contribution in [2.75, 3.05) is 6.61 Å². The second-order valence-corrected chi connectivity index (χ2v) is 16.4. The quantitative estimate of drug-likeness (QED) is 0.321. The molecule has 0 radical (unpaired) electrons. The number of ether oxygens (including phenoxy) is 1. The van der Waals surface area contributed by atoms with Crippen LogP contribution in [0.15, 0.2) is 0 Å². The van der Waals surface area contributed by atoms with Crippen molar-refractivity contribution in [3.8, 4) is 0 Å². The number of fused-ring (bicyclic) bond motifs is 5. The van der Waals surface area contributed by atoms with Crippen molar-refractivity contribution in [1.29, 1.82) is 0 Å². The SMILES string of the molecule is CC[C@H]1[C@@H](O)[C@@H]2[C@H](CC[C@]3(C)[C@@H](CCCCOC(=O)NS(=O)(=O)C4CCCC4)CC[C@@H]23)[C@@]2(C)CC[C@@H](O)C[C@@H]12. The fourth-order valence-electron chi connectivity index (χ4n) is 10.6. The zero-order chi connectivity index (χ0) is 28.0. The third-order valence-electron chi connectivity index (χ3n) is 12.7. The average molecular weight is 568 g/mol. The Morgan fingerprint density at radius 3 is 2.33 bits per heavy atom. The second kappa shape index (κ2) is 11.4. The molecule has 0 saturated heterocycles. The zero-order valence-corrected chi connectivity index (χ0v) is 25.3. The Bertz CT molecular complexity index is 982. The molecule has 0 aliphatic heterocycles. The van der Waals surface area contributed by atoms with Crippen LogP contribution >= 0.6 is 0 Å². The Morgan fingerprint density at radius 1 is 0.923 bits per heavy atom. The summed E-state index contributed by atoms with van der Waals surface area (Å²) in [5, 5.41) is 21.8. The molecule has 1 amide bonds. The summed E-state index contributed by atoms with van der Waals surface area (Å²) >= 11 is 0. The Morgan fingerprint density at radius 2 is 1.62 bits per heavy atom. The molecule has 5 rings (SSSR count). The highest BCUT2D eigenvalue weighted by Crippen LogP contribution is 2.69. The van der Waals surface area contributed by atoms with Crippen molar-refractivity contribution in [3.63, 3.8) is 0 Å². The van der Waals surface area contributed by atoms with E-state index in [1.54, 1.807) is 0 Å². The number of rotatable bonds is 8. The summed E-state index contributed by atoms with van der Waals surface area (Å²) in [6.45, 7) is 7.43. The Kier molecular flexibility index (Phi) is 8.68. The van der Waals surface area contributed by atoms with Gasteiger partial charge in [-0.3, -0.25) is 0 Å². The van der Waals surface area contributed by atoms with Gasteiger partial charge in [-0.2, -0.15) is 0 Å². The molecule has 0 aromatic rings. The van der Waals surface area contributed by atoms with E-state index < -0.39 is 21.4 Å². The summed E-state index contributed by atoms with van der Waals surface area (Å²) < 4.78 is 32.0. The minimum absolute atomic E-state index is 0.211. The third kappa shape index (κ3) is 5.40. The predicted octanol–water partition coefficient (Wildman–Crippen LogP) is 5.78. The highest BCUT2D eigenvalue weighted by atomic mass is 32.2. The molecule has 0 unspecified atom stereocenters. The van der Waals surface area contributed by atoms with E-state index in [9.17, 15) is 23.4 Å². The standard InChI is InChI=1S/C31H53NO6S/c1-4-23-26-19-21(33)14-16-31(26,3)25-15-17-30(2)20(12-13-24(30)27(25)28(23)34)9-7-8-18-38-29(35)32-39(36,37)22-10-5-6-11-22/h20-28,33-34H,4-19H2,1-3H3,(H,32,35)/t20-,21+,23+,24-,25-,26-,27-,28+,30+,31+/m0/s1. The van der Waals surface area contributed by atoms with E-state index in [2.05, 4.69) is 25.5 Å². The zero-order valence-electron chi connectivity index (χ0n) is 24.4. The minimum Gasteiger partial charge on any atom is -0.449 e. The molecular weight excluding hydrogens is 514 g/mol. The molecule has 10 atom stereocenters. The van der Waals surface area contributed by atoms with E-state index in [4.69, 9.17) is 4.74 Å². The van der Waals surface area contributed by atoms with Crippen LogP contribution in [-0.2, 0) is 14.8 Å². The number of sulfonamides is 1. The van der Waals surface area contributed by atoms with Crippen molar-refractivity contribution in [1.82, 2.24) is 4.72 Å². The molecule has 39 heavy (non-hydrogen) atoms. The van der Waals surface area contributed by atoms with Crippen LogP contribution in [0.5, 0.6) is 0 Å². The lowest BCUT2D eigenvalue weighted by atomic mass is 9.41. The summed E-state index contributed by atoms with van der Waals surface area (Å²) in [6, 6.07) is 0. The van der Waals surface area contributed by atoms with E-state index in [1.807, 2.05) is 0 Å². The van der Waals surface area contributed by atoms with Crippen molar-refractivity contribution in [2.24, 2.45) is 46.3 Å². The summed E-state index contributed by atoms with van der Waals surface area (Å²) in [5.74, 6) is 2.80. The van der Waals surface area contributed by atoms with Gasteiger partial charge < -0.3 is 14.9 Å². The molecule has 5 saturated carbocycles. The van der Waals surface area contributed by atoms with Crippen LogP contribution in [0.2, 0.25) is 0 Å². The molecule has 224 valence electrons. The molecule has 0 aromatic heterocycles. The maximum absolute atomic E-state index is 12.3. The lowest BCUT2D eigenvalue weighted by Gasteiger charge is -2.64. The van der Waals surface area contributed by atoms with Crippen LogP contribution in [0.1, 0.15) is 117 Å². The molecule has 0 spiro atoms. The minimum atomic E-state index is -3.63. The first-order valence-corrected chi connectivity index (χ1v) is 17.6. The maximum Gasteiger partial charge on any atom is 0.420 e. The largest absolute Gasteiger partial charge is 0.449 e. The number of aliphatic hydroxyl groups excluding tert-OH is 2. The first-order chi connectivity index (χ1) is 18.5. The van der Waals surface area contributed by atoms with Crippen molar-refractivity contribution >= 4 is 16.1 Å². The predicted molar refractivity (Wildman–Crippen MR) is 151 cm³/mol. The number of carbonyl (C=O) groups excluding carboxylic acids is 1. The van der Waals surface area contributed by atoms with E-state index in [-0.39, 0.29) is 35.6 Å². The Hall–Kier alpha value is -0.860. The van der Waals surface area contributed by atoms with Gasteiger partial charge in [-0.15, -0.1) is 0 Å². The van der Waals surface area contributed by atoms with Gasteiger partial charge in [-0.1, -0.05) is 40.0 Å². The number of unbranched alkanes of at least 4 members (excludes halogenated alkanes) is 1. The van der Waals surface area contributed by atoms with E-state index in [1.165, 1.54) is 25.7 Å². The van der Waals surface area contributed by atoms with Gasteiger partial charge in [0.2, 0.25) is 10.0 Å². The molecule has 0 bridgehead atoms. The fourth-order valence-corrected chi connectivity index (χ4v) is 12.0. The molecule has 8 heteroatoms. The van der Waals surface area contributed by atoms with E-state index in [0.29, 0.717) is 42.4 Å². The lowest BCUT2D eigenvalue weighted by molar-refractivity contribution is -0.202. The van der Waals surface area contributed by atoms with Gasteiger partial charge in [0.05, 0.1) is 24.1 Å². The van der Waals surface area contributed by atoms with Gasteiger partial charge in [-0.05, 0) is 123 Å². The summed E-state index contributed by atoms with van der Waals surface area (Å²) in [4.78, 5) is 12.1. The van der Waals surface area contributed by atoms with E-state index >= 15 is 0 Å². The van der Waals surface area contributed by atoms with E-state index in [0.717, 1.165) is 57.8 Å². The van der Waals surface area contributed by atoms with Crippen LogP contribution in [0.25, 0.3) is 0 Å². The number of aliphatic hydroxyl groups is 2. The van der Waals surface area contributed by atoms with Gasteiger partial charge in [0.15, 0.2) is 0 Å². The first kappa shape index (κ1) is 29.6. The maximum atomic E-state index is 12.3. The van der Waals surface area contributed by atoms with Gasteiger partial charge in [0.1, 0.15) is 0 Å². The van der Waals surface area contributed by atoms with Crippen molar-refractivity contribution in [3.05, 3.63) is 0 Å². The monoisotopic (exact) mass is 567 g/mol.